The lowest BCUT2D eigenvalue weighted by Crippen LogP contribution is -2.44. The first kappa shape index (κ1) is 19.6. The Morgan fingerprint density at radius 3 is 2.52 bits per heavy atom. The molecule has 1 saturated heterocycles. The van der Waals surface area contributed by atoms with Crippen LogP contribution in [0.5, 0.6) is 0 Å². The van der Waals surface area contributed by atoms with E-state index in [0.717, 1.165) is 13.6 Å². The highest BCUT2D eigenvalue weighted by Crippen LogP contribution is 2.29. The number of imide groups is 1. The van der Waals surface area contributed by atoms with Gasteiger partial charge in [0.2, 0.25) is 5.91 Å². The largest absolute Gasteiger partial charge is 0.336 e. The molecule has 1 aromatic carbocycles. The number of carbonyl (C=O) groups is 3. The number of thiophene rings is 1. The van der Waals surface area contributed by atoms with Crippen molar-refractivity contribution in [3.63, 3.8) is 0 Å². The molecule has 0 unspecified atom stereocenters. The van der Waals surface area contributed by atoms with Gasteiger partial charge in [-0.05, 0) is 47.5 Å². The van der Waals surface area contributed by atoms with Crippen molar-refractivity contribution in [2.24, 2.45) is 0 Å². The molecule has 1 aliphatic rings. The van der Waals surface area contributed by atoms with Crippen molar-refractivity contribution >= 4 is 45.1 Å². The number of hydrogen-bond donors (Lipinski definition) is 1. The Bertz CT molecular complexity index is 870. The summed E-state index contributed by atoms with van der Waals surface area (Å²) in [5.74, 6) is -0.676. The van der Waals surface area contributed by atoms with Crippen LogP contribution in [-0.4, -0.2) is 40.7 Å². The smallest absolute Gasteiger partial charge is 0.325 e. The molecule has 0 saturated carbocycles. The highest BCUT2D eigenvalue weighted by atomic mass is 79.9. The van der Waals surface area contributed by atoms with E-state index in [2.05, 4.69) is 21.2 Å². The average Bonchev–Trinajstić information content (AvgIpc) is 3.17. The molecule has 1 aromatic heterocycles. The summed E-state index contributed by atoms with van der Waals surface area (Å²) in [4.78, 5) is 41.7. The highest BCUT2D eigenvalue weighted by Gasteiger charge is 2.49. The molecular formula is C19H20BrN3O3S. The molecule has 1 N–H and O–H groups in total. The molecule has 0 radical (unpaired) electrons. The number of likely N-dealkylation sites (N-methyl/N-ethyl adjacent to an activating group) is 1. The predicted molar refractivity (Wildman–Crippen MR) is 107 cm³/mol. The molecule has 0 spiro atoms. The molecule has 8 heteroatoms. The molecule has 0 aliphatic carbocycles. The maximum absolute atomic E-state index is 12.9. The minimum atomic E-state index is -1.16. The van der Waals surface area contributed by atoms with Crippen LogP contribution in [0, 0.1) is 0 Å². The Hall–Kier alpha value is -2.19. The number of carbonyl (C=O) groups excluding carboxylic acids is 3. The van der Waals surface area contributed by atoms with Gasteiger partial charge < -0.3 is 10.2 Å². The number of amides is 4. The van der Waals surface area contributed by atoms with E-state index in [0.29, 0.717) is 18.7 Å². The summed E-state index contributed by atoms with van der Waals surface area (Å²) in [6.45, 7) is 4.21. The molecule has 1 aliphatic heterocycles. The minimum absolute atomic E-state index is 0.261. The van der Waals surface area contributed by atoms with Crippen molar-refractivity contribution in [3.8, 4) is 0 Å². The Morgan fingerprint density at radius 1 is 1.22 bits per heavy atom. The van der Waals surface area contributed by atoms with E-state index in [1.54, 1.807) is 35.3 Å². The Labute approximate surface area is 170 Å². The summed E-state index contributed by atoms with van der Waals surface area (Å²) in [6, 6.07) is 12.4. The zero-order chi connectivity index (χ0) is 19.6. The van der Waals surface area contributed by atoms with Crippen molar-refractivity contribution in [2.75, 3.05) is 13.1 Å². The topological polar surface area (TPSA) is 69.7 Å². The van der Waals surface area contributed by atoms with Crippen LogP contribution in [0.1, 0.15) is 24.3 Å². The van der Waals surface area contributed by atoms with Crippen LogP contribution in [0.3, 0.4) is 0 Å². The number of halogens is 1. The fraction of sp³-hybridized carbons (Fsp3) is 0.316. The van der Waals surface area contributed by atoms with E-state index in [1.807, 2.05) is 37.3 Å². The van der Waals surface area contributed by atoms with Gasteiger partial charge in [-0.25, -0.2) is 4.79 Å². The summed E-state index contributed by atoms with van der Waals surface area (Å²) in [7, 11) is 0. The van der Waals surface area contributed by atoms with E-state index < -0.39 is 17.5 Å². The summed E-state index contributed by atoms with van der Waals surface area (Å²) in [6.07, 6.45) is 0. The quantitative estimate of drug-likeness (QED) is 0.687. The molecule has 3 rings (SSSR count). The van der Waals surface area contributed by atoms with Gasteiger partial charge >= 0.3 is 6.03 Å². The zero-order valence-corrected chi connectivity index (χ0v) is 17.5. The lowest BCUT2D eigenvalue weighted by molar-refractivity contribution is -0.139. The number of benzene rings is 1. The summed E-state index contributed by atoms with van der Waals surface area (Å²) >= 11 is 4.96. The fourth-order valence-corrected chi connectivity index (χ4v) is 4.54. The molecule has 4 amide bonds. The molecule has 27 heavy (non-hydrogen) atoms. The van der Waals surface area contributed by atoms with Crippen molar-refractivity contribution < 1.29 is 14.4 Å². The van der Waals surface area contributed by atoms with Gasteiger partial charge in [0, 0.05) is 11.4 Å². The molecule has 1 atom stereocenters. The van der Waals surface area contributed by atoms with Crippen molar-refractivity contribution in [3.05, 3.63) is 56.7 Å². The van der Waals surface area contributed by atoms with Crippen LogP contribution in [0.15, 0.2) is 46.3 Å². The van der Waals surface area contributed by atoms with E-state index in [4.69, 9.17) is 0 Å². The second-order valence-electron chi connectivity index (χ2n) is 6.43. The highest BCUT2D eigenvalue weighted by molar-refractivity contribution is 9.11. The third kappa shape index (κ3) is 3.91. The van der Waals surface area contributed by atoms with Gasteiger partial charge in [0.15, 0.2) is 0 Å². The molecule has 2 heterocycles. The third-order valence-corrected chi connectivity index (χ3v) is 6.24. The number of nitrogens with one attached hydrogen (secondary N) is 1. The molecule has 1 fully saturated rings. The van der Waals surface area contributed by atoms with Crippen LogP contribution in [0.2, 0.25) is 0 Å². The lowest BCUT2D eigenvalue weighted by atomic mass is 9.92. The third-order valence-electron chi connectivity index (χ3n) is 4.63. The van der Waals surface area contributed by atoms with Crippen molar-refractivity contribution in [1.82, 2.24) is 15.1 Å². The zero-order valence-electron chi connectivity index (χ0n) is 15.1. The Morgan fingerprint density at radius 2 is 1.93 bits per heavy atom. The van der Waals surface area contributed by atoms with Crippen LogP contribution in [0.4, 0.5) is 4.79 Å². The number of hydrogen-bond acceptors (Lipinski definition) is 4. The second kappa shape index (κ2) is 7.82. The van der Waals surface area contributed by atoms with Crippen LogP contribution >= 0.6 is 27.3 Å². The maximum Gasteiger partial charge on any atom is 0.325 e. The Kier molecular flexibility index (Phi) is 5.67. The number of nitrogens with zero attached hydrogens (tertiary/aromatic N) is 2. The number of rotatable bonds is 6. The summed E-state index contributed by atoms with van der Waals surface area (Å²) < 4.78 is 0.994. The lowest BCUT2D eigenvalue weighted by Gasteiger charge is -2.24. The van der Waals surface area contributed by atoms with Crippen LogP contribution in [-0.2, 0) is 21.7 Å². The summed E-state index contributed by atoms with van der Waals surface area (Å²) in [5.41, 5.74) is -0.469. The van der Waals surface area contributed by atoms with E-state index in [-0.39, 0.29) is 12.5 Å². The first-order chi connectivity index (χ1) is 12.8. The second-order valence-corrected chi connectivity index (χ2v) is 8.97. The average molecular weight is 450 g/mol. The first-order valence-corrected chi connectivity index (χ1v) is 10.2. The van der Waals surface area contributed by atoms with Gasteiger partial charge in [0.25, 0.3) is 5.91 Å². The minimum Gasteiger partial charge on any atom is -0.336 e. The SMILES string of the molecule is CCN(Cc1ccc(Br)s1)C(=O)CN1C(=O)N[C@@](C)(c2ccccc2)C1=O. The number of urea groups is 1. The maximum atomic E-state index is 12.9. The van der Waals surface area contributed by atoms with Gasteiger partial charge in [0.1, 0.15) is 12.1 Å². The molecular weight excluding hydrogens is 430 g/mol. The van der Waals surface area contributed by atoms with Gasteiger partial charge in [0.05, 0.1) is 10.3 Å². The summed E-state index contributed by atoms with van der Waals surface area (Å²) in [5, 5.41) is 2.72. The molecule has 6 nitrogen and oxygen atoms in total. The van der Waals surface area contributed by atoms with Gasteiger partial charge in [-0.1, -0.05) is 30.3 Å². The fourth-order valence-electron chi connectivity index (χ4n) is 3.04. The van der Waals surface area contributed by atoms with Gasteiger partial charge in [-0.3, -0.25) is 14.5 Å². The van der Waals surface area contributed by atoms with E-state index in [1.165, 1.54) is 0 Å². The van der Waals surface area contributed by atoms with Crippen LogP contribution in [0.25, 0.3) is 0 Å². The predicted octanol–water partition coefficient (Wildman–Crippen LogP) is 3.33. The standard InChI is InChI=1S/C19H20BrN3O3S/c1-3-22(11-14-9-10-15(20)27-14)16(24)12-23-17(25)19(2,21-18(23)26)13-7-5-4-6-8-13/h4-10H,3,11-12H2,1-2H3,(H,21,26)/t19-/m0/s1. The monoisotopic (exact) mass is 449 g/mol. The normalized spacial score (nSPS) is 19.3. The van der Waals surface area contributed by atoms with Gasteiger partial charge in [-0.15, -0.1) is 11.3 Å². The Balaban J connectivity index is 1.73. The van der Waals surface area contributed by atoms with E-state index in [9.17, 15) is 14.4 Å². The van der Waals surface area contributed by atoms with Gasteiger partial charge in [-0.2, -0.15) is 0 Å². The van der Waals surface area contributed by atoms with E-state index >= 15 is 0 Å². The first-order valence-electron chi connectivity index (χ1n) is 8.56. The molecule has 142 valence electrons. The molecule has 0 bridgehead atoms. The van der Waals surface area contributed by atoms with Crippen LogP contribution < -0.4 is 5.32 Å². The molecule has 2 aromatic rings. The van der Waals surface area contributed by atoms with Crippen molar-refractivity contribution in [2.45, 2.75) is 25.9 Å². The van der Waals surface area contributed by atoms with Crippen molar-refractivity contribution in [1.29, 1.82) is 0 Å².